The van der Waals surface area contributed by atoms with Crippen molar-refractivity contribution in [3.05, 3.63) is 35.4 Å². The summed E-state index contributed by atoms with van der Waals surface area (Å²) in [7, 11) is 4.26. The van der Waals surface area contributed by atoms with Crippen molar-refractivity contribution in [3.63, 3.8) is 0 Å². The van der Waals surface area contributed by atoms with Gasteiger partial charge in [0.1, 0.15) is 0 Å². The molecule has 3 heteroatoms. The highest BCUT2D eigenvalue weighted by molar-refractivity contribution is 5.94. The lowest BCUT2D eigenvalue weighted by Crippen LogP contribution is -3.06. The van der Waals surface area contributed by atoms with Gasteiger partial charge in [-0.1, -0.05) is 39.8 Å². The third-order valence-electron chi connectivity index (χ3n) is 3.38. The second-order valence-corrected chi connectivity index (χ2v) is 7.05. The standard InChI is InChI=1S/C17H28N2O/c1-13(12-19(5)6)11-18-16(20)14-7-9-15(10-8-14)17(2,3)4/h7-10,13H,11-12H2,1-6H3,(H,18,20)/p+1/t13-/m1/s1. The van der Waals surface area contributed by atoms with E-state index in [1.807, 2.05) is 24.3 Å². The van der Waals surface area contributed by atoms with Crippen LogP contribution in [0.5, 0.6) is 0 Å². The first-order valence-corrected chi connectivity index (χ1v) is 7.38. The second kappa shape index (κ2) is 6.89. The minimum absolute atomic E-state index is 0.0195. The molecule has 3 nitrogen and oxygen atoms in total. The molecule has 0 radical (unpaired) electrons. The van der Waals surface area contributed by atoms with E-state index in [1.54, 1.807) is 0 Å². The van der Waals surface area contributed by atoms with Gasteiger partial charge in [0.05, 0.1) is 20.6 Å². The first-order chi connectivity index (χ1) is 9.20. The average molecular weight is 277 g/mol. The topological polar surface area (TPSA) is 33.5 Å². The monoisotopic (exact) mass is 277 g/mol. The highest BCUT2D eigenvalue weighted by atomic mass is 16.1. The smallest absolute Gasteiger partial charge is 0.251 e. The molecule has 0 saturated heterocycles. The van der Waals surface area contributed by atoms with Crippen LogP contribution in [-0.2, 0) is 5.41 Å². The maximum atomic E-state index is 12.1. The van der Waals surface area contributed by atoms with Crippen molar-refractivity contribution in [2.75, 3.05) is 27.2 Å². The zero-order valence-corrected chi connectivity index (χ0v) is 13.7. The summed E-state index contributed by atoms with van der Waals surface area (Å²) >= 11 is 0. The van der Waals surface area contributed by atoms with Crippen molar-refractivity contribution in [2.24, 2.45) is 5.92 Å². The molecule has 1 aromatic rings. The molecule has 1 aromatic carbocycles. The van der Waals surface area contributed by atoms with Crippen LogP contribution in [0, 0.1) is 5.92 Å². The molecule has 0 bridgehead atoms. The van der Waals surface area contributed by atoms with E-state index in [-0.39, 0.29) is 11.3 Å². The molecule has 20 heavy (non-hydrogen) atoms. The Kier molecular flexibility index (Phi) is 5.75. The Morgan fingerprint density at radius 2 is 1.75 bits per heavy atom. The van der Waals surface area contributed by atoms with Crippen molar-refractivity contribution in [3.8, 4) is 0 Å². The number of carbonyl (C=O) groups excluding carboxylic acids is 1. The molecule has 0 aliphatic rings. The molecule has 112 valence electrons. The first-order valence-electron chi connectivity index (χ1n) is 7.38. The van der Waals surface area contributed by atoms with Crippen LogP contribution in [0.1, 0.15) is 43.6 Å². The molecule has 1 rings (SSSR count). The van der Waals surface area contributed by atoms with E-state index in [1.165, 1.54) is 10.5 Å². The van der Waals surface area contributed by atoms with Crippen LogP contribution in [0.25, 0.3) is 0 Å². The lowest BCUT2D eigenvalue weighted by atomic mass is 9.87. The van der Waals surface area contributed by atoms with Gasteiger partial charge in [0.25, 0.3) is 5.91 Å². The van der Waals surface area contributed by atoms with Crippen molar-refractivity contribution < 1.29 is 9.69 Å². The molecule has 0 heterocycles. The minimum Gasteiger partial charge on any atom is -0.352 e. The molecule has 0 spiro atoms. The Hall–Kier alpha value is -1.35. The summed E-state index contributed by atoms with van der Waals surface area (Å²) in [5.74, 6) is 0.504. The summed E-state index contributed by atoms with van der Waals surface area (Å²) in [6.45, 7) is 10.5. The zero-order chi connectivity index (χ0) is 15.3. The molecule has 0 unspecified atom stereocenters. The van der Waals surface area contributed by atoms with Crippen LogP contribution >= 0.6 is 0 Å². The van der Waals surface area contributed by atoms with Gasteiger partial charge >= 0.3 is 0 Å². The summed E-state index contributed by atoms with van der Waals surface area (Å²) in [6.07, 6.45) is 0. The zero-order valence-electron chi connectivity index (χ0n) is 13.7. The SMILES string of the molecule is C[C@H](CNC(=O)c1ccc(C(C)(C)C)cc1)C[NH+](C)C. The molecular formula is C17H29N2O+. The molecule has 1 atom stereocenters. The van der Waals surface area contributed by atoms with Crippen molar-refractivity contribution in [1.29, 1.82) is 0 Å². The van der Waals surface area contributed by atoms with Crippen LogP contribution < -0.4 is 10.2 Å². The molecule has 0 fully saturated rings. The van der Waals surface area contributed by atoms with E-state index in [2.05, 4.69) is 47.1 Å². The molecule has 0 aliphatic heterocycles. The first kappa shape index (κ1) is 16.7. The predicted octanol–water partition coefficient (Wildman–Crippen LogP) is 1.49. The molecule has 0 aliphatic carbocycles. The van der Waals surface area contributed by atoms with E-state index in [9.17, 15) is 4.79 Å². The lowest BCUT2D eigenvalue weighted by Gasteiger charge is -2.19. The van der Waals surface area contributed by atoms with E-state index in [0.717, 1.165) is 18.7 Å². The summed E-state index contributed by atoms with van der Waals surface area (Å²) < 4.78 is 0. The predicted molar refractivity (Wildman–Crippen MR) is 84.3 cm³/mol. The third-order valence-corrected chi connectivity index (χ3v) is 3.38. The van der Waals surface area contributed by atoms with Gasteiger partial charge in [-0.05, 0) is 23.1 Å². The van der Waals surface area contributed by atoms with Crippen molar-refractivity contribution in [1.82, 2.24) is 5.32 Å². The molecule has 0 aromatic heterocycles. The molecule has 1 amide bonds. The number of quaternary nitrogens is 1. The quantitative estimate of drug-likeness (QED) is 0.840. The van der Waals surface area contributed by atoms with Gasteiger partial charge in [0, 0.05) is 18.0 Å². The molecule has 2 N–H and O–H groups in total. The van der Waals surface area contributed by atoms with Crippen LogP contribution in [-0.4, -0.2) is 33.1 Å². The number of amides is 1. The lowest BCUT2D eigenvalue weighted by molar-refractivity contribution is -0.861. The van der Waals surface area contributed by atoms with E-state index in [0.29, 0.717) is 5.92 Å². The van der Waals surface area contributed by atoms with Gasteiger partial charge in [0.15, 0.2) is 0 Å². The number of carbonyl (C=O) groups is 1. The van der Waals surface area contributed by atoms with Crippen molar-refractivity contribution >= 4 is 5.91 Å². The number of rotatable bonds is 5. The number of benzene rings is 1. The normalized spacial score (nSPS) is 13.3. The fraction of sp³-hybridized carbons (Fsp3) is 0.588. The van der Waals surface area contributed by atoms with Gasteiger partial charge in [-0.15, -0.1) is 0 Å². The number of hydrogen-bond acceptors (Lipinski definition) is 1. The van der Waals surface area contributed by atoms with Gasteiger partial charge < -0.3 is 10.2 Å². The van der Waals surface area contributed by atoms with Crippen LogP contribution in [0.15, 0.2) is 24.3 Å². The fourth-order valence-electron chi connectivity index (χ4n) is 2.26. The second-order valence-electron chi connectivity index (χ2n) is 7.05. The fourth-order valence-corrected chi connectivity index (χ4v) is 2.26. The Morgan fingerprint density at radius 1 is 1.20 bits per heavy atom. The van der Waals surface area contributed by atoms with Gasteiger partial charge in [-0.3, -0.25) is 4.79 Å². The average Bonchev–Trinajstić information content (AvgIpc) is 2.34. The van der Waals surface area contributed by atoms with E-state index in [4.69, 9.17) is 0 Å². The largest absolute Gasteiger partial charge is 0.352 e. The summed E-state index contributed by atoms with van der Waals surface area (Å²) in [5, 5.41) is 3.01. The van der Waals surface area contributed by atoms with E-state index >= 15 is 0 Å². The number of nitrogens with one attached hydrogen (secondary N) is 2. The maximum Gasteiger partial charge on any atom is 0.251 e. The third kappa shape index (κ3) is 5.33. The molecule has 0 saturated carbocycles. The molecular weight excluding hydrogens is 248 g/mol. The Morgan fingerprint density at radius 3 is 2.20 bits per heavy atom. The van der Waals surface area contributed by atoms with Crippen LogP contribution in [0.3, 0.4) is 0 Å². The maximum absolute atomic E-state index is 12.1. The van der Waals surface area contributed by atoms with Gasteiger partial charge in [-0.2, -0.15) is 0 Å². The van der Waals surface area contributed by atoms with Crippen molar-refractivity contribution in [2.45, 2.75) is 33.1 Å². The van der Waals surface area contributed by atoms with Gasteiger partial charge in [0.2, 0.25) is 0 Å². The summed E-state index contributed by atoms with van der Waals surface area (Å²) in [5.41, 5.74) is 2.11. The Labute approximate surface area is 123 Å². The highest BCUT2D eigenvalue weighted by Crippen LogP contribution is 2.22. The minimum atomic E-state index is 0.0195. The summed E-state index contributed by atoms with van der Waals surface area (Å²) in [6, 6.07) is 7.92. The summed E-state index contributed by atoms with van der Waals surface area (Å²) in [4.78, 5) is 13.5. The van der Waals surface area contributed by atoms with E-state index < -0.39 is 0 Å². The highest BCUT2D eigenvalue weighted by Gasteiger charge is 2.14. The van der Waals surface area contributed by atoms with Crippen LogP contribution in [0.2, 0.25) is 0 Å². The Bertz CT molecular complexity index is 429. The number of hydrogen-bond donors (Lipinski definition) is 2. The van der Waals surface area contributed by atoms with Crippen LogP contribution in [0.4, 0.5) is 0 Å². The van der Waals surface area contributed by atoms with Gasteiger partial charge in [-0.25, -0.2) is 0 Å². The Balaban J connectivity index is 2.56.